The Labute approximate surface area is 146 Å². The van der Waals surface area contributed by atoms with Gasteiger partial charge in [-0.05, 0) is 24.8 Å². The molecular formula is C19H21N3O3. The minimum atomic E-state index is -0.285. The molecule has 1 aromatic heterocycles. The Kier molecular flexibility index (Phi) is 4.26. The predicted molar refractivity (Wildman–Crippen MR) is 91.0 cm³/mol. The Morgan fingerprint density at radius 2 is 2.00 bits per heavy atom. The molecule has 0 saturated carbocycles. The molecule has 1 aromatic carbocycles. The normalized spacial score (nSPS) is 20.6. The average molecular weight is 339 g/mol. The van der Waals surface area contributed by atoms with Gasteiger partial charge in [0, 0.05) is 25.1 Å². The third-order valence-corrected chi connectivity index (χ3v) is 5.03. The van der Waals surface area contributed by atoms with Crippen molar-refractivity contribution < 1.29 is 14.1 Å². The molecule has 6 nitrogen and oxygen atoms in total. The number of fused-ring (bicyclic) bond motifs is 1. The van der Waals surface area contributed by atoms with Crippen LogP contribution < -0.4 is 5.32 Å². The van der Waals surface area contributed by atoms with Gasteiger partial charge in [-0.25, -0.2) is 0 Å². The van der Waals surface area contributed by atoms with Gasteiger partial charge in [-0.3, -0.25) is 9.59 Å². The molecule has 2 aliphatic rings. The van der Waals surface area contributed by atoms with Gasteiger partial charge in [-0.2, -0.15) is 0 Å². The van der Waals surface area contributed by atoms with Crippen LogP contribution in [0.2, 0.25) is 0 Å². The number of rotatable bonds is 2. The van der Waals surface area contributed by atoms with Gasteiger partial charge in [0.15, 0.2) is 5.69 Å². The van der Waals surface area contributed by atoms with Gasteiger partial charge < -0.3 is 14.7 Å². The fourth-order valence-electron chi connectivity index (χ4n) is 3.73. The first-order valence-corrected chi connectivity index (χ1v) is 8.84. The maximum absolute atomic E-state index is 13.2. The molecule has 6 heteroatoms. The highest BCUT2D eigenvalue weighted by Crippen LogP contribution is 2.30. The highest BCUT2D eigenvalue weighted by atomic mass is 16.5. The van der Waals surface area contributed by atoms with E-state index in [0.29, 0.717) is 18.8 Å². The first kappa shape index (κ1) is 15.9. The van der Waals surface area contributed by atoms with Crippen LogP contribution in [0.3, 0.4) is 0 Å². The Morgan fingerprint density at radius 3 is 2.84 bits per heavy atom. The van der Waals surface area contributed by atoms with Gasteiger partial charge in [0.25, 0.3) is 5.91 Å². The van der Waals surface area contributed by atoms with Gasteiger partial charge in [0.05, 0.1) is 12.5 Å². The second-order valence-electron chi connectivity index (χ2n) is 6.62. The zero-order chi connectivity index (χ0) is 17.2. The summed E-state index contributed by atoms with van der Waals surface area (Å²) in [7, 11) is 0. The monoisotopic (exact) mass is 339 g/mol. The molecule has 1 saturated heterocycles. The van der Waals surface area contributed by atoms with Gasteiger partial charge in [-0.1, -0.05) is 35.5 Å². The molecule has 2 amide bonds. The maximum Gasteiger partial charge on any atom is 0.276 e. The van der Waals surface area contributed by atoms with Crippen LogP contribution in [0.5, 0.6) is 0 Å². The summed E-state index contributed by atoms with van der Waals surface area (Å²) < 4.78 is 5.41. The number of nitrogens with zero attached hydrogens (tertiary/aromatic N) is 2. The lowest BCUT2D eigenvalue weighted by atomic mass is 9.95. The van der Waals surface area contributed by atoms with E-state index in [1.807, 2.05) is 30.3 Å². The largest absolute Gasteiger partial charge is 0.360 e. The van der Waals surface area contributed by atoms with E-state index in [0.717, 1.165) is 42.6 Å². The fraction of sp³-hybridized carbons (Fsp3) is 0.421. The Morgan fingerprint density at radius 1 is 1.20 bits per heavy atom. The quantitative estimate of drug-likeness (QED) is 0.911. The second kappa shape index (κ2) is 6.70. The lowest BCUT2D eigenvalue weighted by molar-refractivity contribution is -0.121. The summed E-state index contributed by atoms with van der Waals surface area (Å²) in [5.41, 5.74) is 2.34. The number of amides is 2. The number of aromatic nitrogens is 1. The van der Waals surface area contributed by atoms with E-state index >= 15 is 0 Å². The van der Waals surface area contributed by atoms with Crippen molar-refractivity contribution in [1.82, 2.24) is 15.4 Å². The molecule has 2 heterocycles. The molecule has 1 atom stereocenters. The first-order chi connectivity index (χ1) is 12.2. The van der Waals surface area contributed by atoms with Crippen LogP contribution in [0, 0.1) is 0 Å². The fourth-order valence-corrected chi connectivity index (χ4v) is 3.73. The van der Waals surface area contributed by atoms with Crippen molar-refractivity contribution in [2.75, 3.05) is 13.1 Å². The highest BCUT2D eigenvalue weighted by Gasteiger charge is 2.34. The van der Waals surface area contributed by atoms with Crippen LogP contribution in [0.4, 0.5) is 0 Å². The van der Waals surface area contributed by atoms with Gasteiger partial charge in [0.2, 0.25) is 5.91 Å². The van der Waals surface area contributed by atoms with Gasteiger partial charge in [-0.15, -0.1) is 0 Å². The zero-order valence-corrected chi connectivity index (χ0v) is 14.0. The number of aryl methyl sites for hydroxylation is 1. The molecule has 1 fully saturated rings. The molecule has 4 rings (SSSR count). The summed E-state index contributed by atoms with van der Waals surface area (Å²) in [6.07, 6.45) is 4.07. The molecule has 130 valence electrons. The van der Waals surface area contributed by atoms with Crippen LogP contribution >= 0.6 is 0 Å². The van der Waals surface area contributed by atoms with E-state index in [9.17, 15) is 9.59 Å². The molecule has 0 radical (unpaired) electrons. The van der Waals surface area contributed by atoms with E-state index in [1.165, 1.54) is 0 Å². The average Bonchev–Trinajstić information content (AvgIpc) is 2.98. The molecule has 1 N–H and O–H groups in total. The summed E-state index contributed by atoms with van der Waals surface area (Å²) in [6, 6.07) is 9.42. The Bertz CT molecular complexity index is 784. The molecule has 1 aliphatic heterocycles. The summed E-state index contributed by atoms with van der Waals surface area (Å²) in [5.74, 6) is 0.665. The third-order valence-electron chi connectivity index (χ3n) is 5.03. The highest BCUT2D eigenvalue weighted by molar-refractivity contribution is 5.95. The van der Waals surface area contributed by atoms with Gasteiger partial charge >= 0.3 is 0 Å². The minimum Gasteiger partial charge on any atom is -0.360 e. The van der Waals surface area contributed by atoms with Crippen molar-refractivity contribution in [1.29, 1.82) is 0 Å². The first-order valence-electron chi connectivity index (χ1n) is 8.84. The van der Waals surface area contributed by atoms with Crippen LogP contribution in [-0.4, -0.2) is 35.0 Å². The van der Waals surface area contributed by atoms with Crippen molar-refractivity contribution in [3.63, 3.8) is 0 Å². The van der Waals surface area contributed by atoms with E-state index in [4.69, 9.17) is 4.52 Å². The molecule has 2 aromatic rings. The van der Waals surface area contributed by atoms with E-state index < -0.39 is 0 Å². The minimum absolute atomic E-state index is 0.0358. The molecule has 0 bridgehead atoms. The van der Waals surface area contributed by atoms with E-state index in [1.54, 1.807) is 4.90 Å². The summed E-state index contributed by atoms with van der Waals surface area (Å²) in [6.45, 7) is 0.916. The maximum atomic E-state index is 13.2. The Balaban J connectivity index is 1.69. The topological polar surface area (TPSA) is 75.4 Å². The predicted octanol–water partition coefficient (Wildman–Crippen LogP) is 2.26. The summed E-state index contributed by atoms with van der Waals surface area (Å²) in [4.78, 5) is 27.1. The molecule has 1 aliphatic carbocycles. The van der Waals surface area contributed by atoms with Crippen molar-refractivity contribution in [2.24, 2.45) is 0 Å². The number of nitrogens with one attached hydrogen (secondary N) is 1. The summed E-state index contributed by atoms with van der Waals surface area (Å²) >= 11 is 0. The van der Waals surface area contributed by atoms with E-state index in [-0.39, 0.29) is 24.3 Å². The Hall–Kier alpha value is -2.63. The number of carbonyl (C=O) groups is 2. The second-order valence-corrected chi connectivity index (χ2v) is 6.62. The SMILES string of the molecule is O=C1CC(c2ccccc2)N(C(=O)c2noc3c2CCCC3)CCN1. The van der Waals surface area contributed by atoms with Crippen molar-refractivity contribution >= 4 is 11.8 Å². The lowest BCUT2D eigenvalue weighted by Crippen LogP contribution is -2.37. The van der Waals surface area contributed by atoms with Crippen molar-refractivity contribution in [3.8, 4) is 0 Å². The molecule has 25 heavy (non-hydrogen) atoms. The third kappa shape index (κ3) is 3.04. The number of hydrogen-bond acceptors (Lipinski definition) is 4. The van der Waals surface area contributed by atoms with Gasteiger partial charge in [0.1, 0.15) is 5.76 Å². The van der Waals surface area contributed by atoms with Crippen molar-refractivity contribution in [3.05, 3.63) is 52.9 Å². The smallest absolute Gasteiger partial charge is 0.276 e. The number of benzene rings is 1. The standard InChI is InChI=1S/C19H21N3O3/c23-17-12-15(13-6-2-1-3-7-13)22(11-10-20-17)19(24)18-14-8-4-5-9-16(14)25-21-18/h1-3,6-7,15H,4-5,8-12H2,(H,20,23). The lowest BCUT2D eigenvalue weighted by Gasteiger charge is -2.29. The molecule has 0 spiro atoms. The molecular weight excluding hydrogens is 318 g/mol. The van der Waals surface area contributed by atoms with Crippen LogP contribution in [0.1, 0.15) is 52.7 Å². The van der Waals surface area contributed by atoms with Crippen LogP contribution in [-0.2, 0) is 17.6 Å². The van der Waals surface area contributed by atoms with Crippen molar-refractivity contribution in [2.45, 2.75) is 38.1 Å². The van der Waals surface area contributed by atoms with Crippen LogP contribution in [0.25, 0.3) is 0 Å². The summed E-state index contributed by atoms with van der Waals surface area (Å²) in [5, 5.41) is 6.94. The zero-order valence-electron chi connectivity index (χ0n) is 14.0. The number of carbonyl (C=O) groups excluding carboxylic acids is 2. The molecule has 1 unspecified atom stereocenters. The van der Waals surface area contributed by atoms with Crippen LogP contribution in [0.15, 0.2) is 34.9 Å². The number of hydrogen-bond donors (Lipinski definition) is 1. The van der Waals surface area contributed by atoms with E-state index in [2.05, 4.69) is 10.5 Å².